The Labute approximate surface area is 161 Å². The first-order chi connectivity index (χ1) is 13.2. The van der Waals surface area contributed by atoms with Crippen LogP contribution in [0.25, 0.3) is 22.7 Å². The summed E-state index contributed by atoms with van der Waals surface area (Å²) in [6.07, 6.45) is 0. The Bertz CT molecular complexity index is 1080. The van der Waals surface area contributed by atoms with Crippen LogP contribution in [0, 0.1) is 0 Å². The number of hydrogen-bond acceptors (Lipinski definition) is 3. The number of hydrogen-bond donors (Lipinski definition) is 1. The Kier molecular flexibility index (Phi) is 4.73. The smallest absolute Gasteiger partial charge is 0.259 e. The number of amides is 1. The summed E-state index contributed by atoms with van der Waals surface area (Å²) < 4.78 is 5.90. The van der Waals surface area contributed by atoms with E-state index in [9.17, 15) is 4.79 Å². The first-order valence-electron chi connectivity index (χ1n) is 8.40. The molecule has 0 fully saturated rings. The average molecular weight is 375 g/mol. The fraction of sp³-hybridized carbons (Fsp3) is 0. The normalized spacial score (nSPS) is 10.6. The van der Waals surface area contributed by atoms with E-state index in [-0.39, 0.29) is 11.8 Å². The molecule has 4 aromatic rings. The predicted molar refractivity (Wildman–Crippen MR) is 107 cm³/mol. The predicted octanol–water partition coefficient (Wildman–Crippen LogP) is 5.91. The molecule has 132 valence electrons. The second-order valence-electron chi connectivity index (χ2n) is 5.86. The Balaban J connectivity index is 1.76. The SMILES string of the molecule is O=C(Nc1oc(-c2ccccc2)nc1-c1ccccc1)c1ccccc1Cl. The molecule has 1 amide bonds. The first-order valence-corrected chi connectivity index (χ1v) is 8.78. The molecule has 0 aliphatic carbocycles. The third kappa shape index (κ3) is 3.61. The number of rotatable bonds is 4. The first kappa shape index (κ1) is 17.1. The minimum absolute atomic E-state index is 0.282. The van der Waals surface area contributed by atoms with E-state index in [1.165, 1.54) is 0 Å². The largest absolute Gasteiger partial charge is 0.420 e. The topological polar surface area (TPSA) is 55.1 Å². The van der Waals surface area contributed by atoms with Gasteiger partial charge in [-0.05, 0) is 24.3 Å². The van der Waals surface area contributed by atoms with Crippen molar-refractivity contribution >= 4 is 23.4 Å². The van der Waals surface area contributed by atoms with Gasteiger partial charge in [0.2, 0.25) is 11.8 Å². The van der Waals surface area contributed by atoms with Gasteiger partial charge in [-0.15, -0.1) is 0 Å². The summed E-state index contributed by atoms with van der Waals surface area (Å²) in [5.74, 6) is 0.363. The molecule has 0 saturated heterocycles. The summed E-state index contributed by atoms with van der Waals surface area (Å²) in [5.41, 5.74) is 2.61. The Morgan fingerprint density at radius 3 is 2.07 bits per heavy atom. The Hall–Kier alpha value is -3.37. The highest BCUT2D eigenvalue weighted by Crippen LogP contribution is 2.33. The van der Waals surface area contributed by atoms with Crippen LogP contribution in [0.1, 0.15) is 10.4 Å². The number of aromatic nitrogens is 1. The molecule has 0 bridgehead atoms. The van der Waals surface area contributed by atoms with Gasteiger partial charge in [0.25, 0.3) is 5.91 Å². The molecule has 3 aromatic carbocycles. The van der Waals surface area contributed by atoms with Gasteiger partial charge in [0.1, 0.15) is 5.69 Å². The number of carbonyl (C=O) groups is 1. The van der Waals surface area contributed by atoms with Crippen molar-refractivity contribution in [3.05, 3.63) is 95.5 Å². The monoisotopic (exact) mass is 374 g/mol. The molecule has 4 rings (SSSR count). The zero-order valence-electron chi connectivity index (χ0n) is 14.2. The van der Waals surface area contributed by atoms with E-state index in [0.29, 0.717) is 22.2 Å². The van der Waals surface area contributed by atoms with Crippen molar-refractivity contribution < 1.29 is 9.21 Å². The van der Waals surface area contributed by atoms with Crippen LogP contribution in [0.15, 0.2) is 89.3 Å². The quantitative estimate of drug-likeness (QED) is 0.482. The number of anilines is 1. The number of nitrogens with one attached hydrogen (secondary N) is 1. The summed E-state index contributed by atoms with van der Waals surface area (Å²) in [5, 5.41) is 3.18. The van der Waals surface area contributed by atoms with E-state index in [2.05, 4.69) is 10.3 Å². The van der Waals surface area contributed by atoms with Crippen LogP contribution >= 0.6 is 11.6 Å². The third-order valence-electron chi connectivity index (χ3n) is 4.04. The maximum absolute atomic E-state index is 12.7. The van der Waals surface area contributed by atoms with Crippen LogP contribution in [-0.4, -0.2) is 10.9 Å². The van der Waals surface area contributed by atoms with Crippen LogP contribution in [0.2, 0.25) is 5.02 Å². The molecule has 4 nitrogen and oxygen atoms in total. The van der Waals surface area contributed by atoms with Crippen molar-refractivity contribution in [2.24, 2.45) is 0 Å². The van der Waals surface area contributed by atoms with Gasteiger partial charge in [0, 0.05) is 11.1 Å². The molecule has 0 spiro atoms. The van der Waals surface area contributed by atoms with Crippen LogP contribution < -0.4 is 5.32 Å². The molecule has 27 heavy (non-hydrogen) atoms. The highest BCUT2D eigenvalue weighted by Gasteiger charge is 2.20. The Morgan fingerprint density at radius 1 is 0.815 bits per heavy atom. The lowest BCUT2D eigenvalue weighted by molar-refractivity contribution is 0.102. The minimum atomic E-state index is -0.353. The maximum Gasteiger partial charge on any atom is 0.259 e. The highest BCUT2D eigenvalue weighted by atomic mass is 35.5. The summed E-state index contributed by atoms with van der Waals surface area (Å²) in [6.45, 7) is 0. The van der Waals surface area contributed by atoms with E-state index in [1.54, 1.807) is 24.3 Å². The summed E-state index contributed by atoms with van der Waals surface area (Å²) >= 11 is 6.14. The summed E-state index contributed by atoms with van der Waals surface area (Å²) in [6, 6.07) is 26.0. The molecule has 0 radical (unpaired) electrons. The van der Waals surface area contributed by atoms with Crippen molar-refractivity contribution in [3.63, 3.8) is 0 Å². The third-order valence-corrected chi connectivity index (χ3v) is 4.37. The summed E-state index contributed by atoms with van der Waals surface area (Å²) in [4.78, 5) is 17.3. The van der Waals surface area contributed by atoms with Crippen molar-refractivity contribution in [1.82, 2.24) is 4.98 Å². The lowest BCUT2D eigenvalue weighted by Gasteiger charge is -2.05. The highest BCUT2D eigenvalue weighted by molar-refractivity contribution is 6.34. The number of oxazole rings is 1. The second kappa shape index (κ2) is 7.48. The second-order valence-corrected chi connectivity index (χ2v) is 6.27. The van der Waals surface area contributed by atoms with Gasteiger partial charge in [0.15, 0.2) is 0 Å². The minimum Gasteiger partial charge on any atom is -0.420 e. The maximum atomic E-state index is 12.7. The van der Waals surface area contributed by atoms with E-state index in [1.807, 2.05) is 60.7 Å². The molecule has 1 heterocycles. The van der Waals surface area contributed by atoms with Crippen molar-refractivity contribution in [2.45, 2.75) is 0 Å². The van der Waals surface area contributed by atoms with Crippen LogP contribution in [0.4, 0.5) is 5.88 Å². The molecule has 0 atom stereocenters. The molecule has 0 aliphatic rings. The van der Waals surface area contributed by atoms with Crippen molar-refractivity contribution in [2.75, 3.05) is 5.32 Å². The average Bonchev–Trinajstić information content (AvgIpc) is 3.13. The van der Waals surface area contributed by atoms with Gasteiger partial charge in [-0.1, -0.05) is 72.3 Å². The van der Waals surface area contributed by atoms with E-state index >= 15 is 0 Å². The van der Waals surface area contributed by atoms with Crippen LogP contribution in [-0.2, 0) is 0 Å². The van der Waals surface area contributed by atoms with Crippen LogP contribution in [0.3, 0.4) is 0 Å². The molecule has 0 unspecified atom stereocenters. The van der Waals surface area contributed by atoms with E-state index in [4.69, 9.17) is 16.0 Å². The number of benzene rings is 3. The standard InChI is InChI=1S/C22H15ClN2O2/c23-18-14-8-7-13-17(18)20(26)25-22-19(15-9-3-1-4-10-15)24-21(27-22)16-11-5-2-6-12-16/h1-14H,(H,25,26). The van der Waals surface area contributed by atoms with E-state index in [0.717, 1.165) is 11.1 Å². The molecule has 0 saturated carbocycles. The van der Waals surface area contributed by atoms with Gasteiger partial charge in [0.05, 0.1) is 10.6 Å². The van der Waals surface area contributed by atoms with Gasteiger partial charge in [-0.2, -0.15) is 0 Å². The number of nitrogens with zero attached hydrogens (tertiary/aromatic N) is 1. The lowest BCUT2D eigenvalue weighted by Crippen LogP contribution is -2.12. The number of carbonyl (C=O) groups excluding carboxylic acids is 1. The molecule has 0 aliphatic heterocycles. The van der Waals surface area contributed by atoms with Crippen LogP contribution in [0.5, 0.6) is 0 Å². The van der Waals surface area contributed by atoms with Gasteiger partial charge in [-0.25, -0.2) is 4.98 Å². The molecule has 1 N–H and O–H groups in total. The number of halogens is 1. The molecular weight excluding hydrogens is 360 g/mol. The van der Waals surface area contributed by atoms with Gasteiger partial charge in [-0.3, -0.25) is 10.1 Å². The molecule has 5 heteroatoms. The molecule has 1 aromatic heterocycles. The fourth-order valence-electron chi connectivity index (χ4n) is 2.72. The zero-order chi connectivity index (χ0) is 18.6. The zero-order valence-corrected chi connectivity index (χ0v) is 15.0. The fourth-order valence-corrected chi connectivity index (χ4v) is 2.94. The van der Waals surface area contributed by atoms with Crippen molar-refractivity contribution in [1.29, 1.82) is 0 Å². The lowest BCUT2D eigenvalue weighted by atomic mass is 10.1. The van der Waals surface area contributed by atoms with Gasteiger partial charge < -0.3 is 4.42 Å². The summed E-state index contributed by atoms with van der Waals surface area (Å²) in [7, 11) is 0. The van der Waals surface area contributed by atoms with Crippen molar-refractivity contribution in [3.8, 4) is 22.7 Å². The van der Waals surface area contributed by atoms with Gasteiger partial charge >= 0.3 is 0 Å². The van der Waals surface area contributed by atoms with E-state index < -0.39 is 0 Å². The molecular formula is C22H15ClN2O2. The Morgan fingerprint density at radius 2 is 1.41 bits per heavy atom.